The molecule has 0 aliphatic carbocycles. The van der Waals surface area contributed by atoms with Gasteiger partial charge in [0.15, 0.2) is 0 Å². The van der Waals surface area contributed by atoms with Gasteiger partial charge < -0.3 is 25.2 Å². The predicted molar refractivity (Wildman–Crippen MR) is 89.5 cm³/mol. The molecule has 0 saturated heterocycles. The SMILES string of the molecule is CNC(=O)c1cc(NC(=O)N(CCO)Cc2nccn2C)ccc1F. The van der Waals surface area contributed by atoms with Crippen molar-refractivity contribution >= 4 is 17.6 Å². The van der Waals surface area contributed by atoms with Gasteiger partial charge in [0.25, 0.3) is 5.91 Å². The molecule has 0 aliphatic rings. The first-order chi connectivity index (χ1) is 12.0. The predicted octanol–water partition coefficient (Wildman–Crippen LogP) is 0.945. The van der Waals surface area contributed by atoms with Gasteiger partial charge in [-0.05, 0) is 18.2 Å². The number of halogens is 1. The van der Waals surface area contributed by atoms with Crippen molar-refractivity contribution in [3.8, 4) is 0 Å². The number of anilines is 1. The number of aliphatic hydroxyl groups is 1. The lowest BCUT2D eigenvalue weighted by Gasteiger charge is -2.22. The van der Waals surface area contributed by atoms with Crippen LogP contribution in [-0.2, 0) is 13.6 Å². The Bertz CT molecular complexity index is 762. The van der Waals surface area contributed by atoms with Gasteiger partial charge in [-0.3, -0.25) is 4.79 Å². The molecule has 9 heteroatoms. The van der Waals surface area contributed by atoms with Gasteiger partial charge in [0, 0.05) is 38.7 Å². The minimum absolute atomic E-state index is 0.0994. The minimum Gasteiger partial charge on any atom is -0.395 e. The number of amides is 3. The van der Waals surface area contributed by atoms with Crippen molar-refractivity contribution in [1.82, 2.24) is 19.8 Å². The molecule has 0 bridgehead atoms. The van der Waals surface area contributed by atoms with Crippen molar-refractivity contribution in [2.24, 2.45) is 7.05 Å². The number of benzene rings is 1. The highest BCUT2D eigenvalue weighted by molar-refractivity contribution is 5.97. The first-order valence-electron chi connectivity index (χ1n) is 7.61. The summed E-state index contributed by atoms with van der Waals surface area (Å²) in [6, 6.07) is 3.23. The lowest BCUT2D eigenvalue weighted by Crippen LogP contribution is -2.37. The molecule has 0 radical (unpaired) electrons. The molecule has 0 atom stereocenters. The third kappa shape index (κ3) is 4.54. The smallest absolute Gasteiger partial charge is 0.322 e. The Morgan fingerprint density at radius 2 is 2.16 bits per heavy atom. The summed E-state index contributed by atoms with van der Waals surface area (Å²) in [6.45, 7) is 0.0757. The van der Waals surface area contributed by atoms with Gasteiger partial charge in [0.2, 0.25) is 0 Å². The number of urea groups is 1. The highest BCUT2D eigenvalue weighted by Crippen LogP contribution is 2.16. The number of nitrogens with one attached hydrogen (secondary N) is 2. The van der Waals surface area contributed by atoms with Crippen LogP contribution in [0.1, 0.15) is 16.2 Å². The van der Waals surface area contributed by atoms with Crippen LogP contribution >= 0.6 is 0 Å². The summed E-state index contributed by atoms with van der Waals surface area (Å²) >= 11 is 0. The van der Waals surface area contributed by atoms with Crippen molar-refractivity contribution in [2.45, 2.75) is 6.54 Å². The molecule has 1 heterocycles. The van der Waals surface area contributed by atoms with Gasteiger partial charge in [-0.2, -0.15) is 0 Å². The largest absolute Gasteiger partial charge is 0.395 e. The number of nitrogens with zero attached hydrogens (tertiary/aromatic N) is 3. The zero-order valence-electron chi connectivity index (χ0n) is 14.0. The lowest BCUT2D eigenvalue weighted by molar-refractivity contribution is 0.0959. The third-order valence-corrected chi connectivity index (χ3v) is 3.60. The van der Waals surface area contributed by atoms with Crippen molar-refractivity contribution < 1.29 is 19.1 Å². The number of aromatic nitrogens is 2. The molecule has 1 aromatic carbocycles. The van der Waals surface area contributed by atoms with Gasteiger partial charge in [0.1, 0.15) is 11.6 Å². The standard InChI is InChI=1S/C16H20FN5O3/c1-18-15(24)12-9-11(3-4-13(12)17)20-16(25)22(7-8-23)10-14-19-5-6-21(14)2/h3-6,9,23H,7-8,10H2,1-2H3,(H,18,24)(H,20,25). The molecular weight excluding hydrogens is 329 g/mol. The minimum atomic E-state index is -0.683. The van der Waals surface area contributed by atoms with Gasteiger partial charge in [-0.25, -0.2) is 14.2 Å². The molecule has 0 fully saturated rings. The van der Waals surface area contributed by atoms with Crippen molar-refractivity contribution in [3.63, 3.8) is 0 Å². The summed E-state index contributed by atoms with van der Waals surface area (Å²) in [5.41, 5.74) is 0.103. The van der Waals surface area contributed by atoms with Gasteiger partial charge >= 0.3 is 6.03 Å². The molecule has 0 aliphatic heterocycles. The van der Waals surface area contributed by atoms with Crippen LogP contribution in [0.2, 0.25) is 0 Å². The molecule has 25 heavy (non-hydrogen) atoms. The Hall–Kier alpha value is -2.94. The Morgan fingerprint density at radius 3 is 2.76 bits per heavy atom. The maximum absolute atomic E-state index is 13.7. The maximum atomic E-state index is 13.7. The van der Waals surface area contributed by atoms with Crippen LogP contribution in [0.4, 0.5) is 14.9 Å². The number of hydrogen-bond donors (Lipinski definition) is 3. The van der Waals surface area contributed by atoms with Crippen molar-refractivity contribution in [1.29, 1.82) is 0 Å². The molecule has 2 aromatic rings. The summed E-state index contributed by atoms with van der Waals surface area (Å²) in [4.78, 5) is 29.6. The zero-order valence-corrected chi connectivity index (χ0v) is 14.0. The number of carbonyl (C=O) groups excluding carboxylic acids is 2. The molecule has 134 valence electrons. The van der Waals surface area contributed by atoms with E-state index in [-0.39, 0.29) is 30.9 Å². The van der Waals surface area contributed by atoms with Crippen molar-refractivity contribution in [2.75, 3.05) is 25.5 Å². The summed E-state index contributed by atoms with van der Waals surface area (Å²) in [5.74, 6) is -0.625. The van der Waals surface area contributed by atoms with Crippen LogP contribution in [0.25, 0.3) is 0 Å². The van der Waals surface area contributed by atoms with E-state index in [4.69, 9.17) is 0 Å². The van der Waals surface area contributed by atoms with Gasteiger partial charge in [0.05, 0.1) is 18.7 Å². The molecule has 0 saturated carbocycles. The summed E-state index contributed by atoms with van der Waals surface area (Å²) < 4.78 is 15.5. The number of aliphatic hydroxyl groups excluding tert-OH is 1. The Labute approximate surface area is 144 Å². The Morgan fingerprint density at radius 1 is 1.40 bits per heavy atom. The van der Waals surface area contributed by atoms with Crippen LogP contribution < -0.4 is 10.6 Å². The molecule has 2 rings (SSSR count). The number of imidazole rings is 1. The second-order valence-corrected chi connectivity index (χ2v) is 5.30. The van der Waals surface area contributed by atoms with Crippen LogP contribution in [0.15, 0.2) is 30.6 Å². The van der Waals surface area contributed by atoms with Crippen LogP contribution in [0.3, 0.4) is 0 Å². The quantitative estimate of drug-likeness (QED) is 0.723. The molecule has 1 aromatic heterocycles. The lowest BCUT2D eigenvalue weighted by atomic mass is 10.1. The molecule has 3 N–H and O–H groups in total. The molecule has 8 nitrogen and oxygen atoms in total. The van der Waals surface area contributed by atoms with Crippen LogP contribution in [0, 0.1) is 5.82 Å². The van der Waals surface area contributed by atoms with Gasteiger partial charge in [-0.15, -0.1) is 0 Å². The second-order valence-electron chi connectivity index (χ2n) is 5.30. The fraction of sp³-hybridized carbons (Fsp3) is 0.312. The number of hydrogen-bond acceptors (Lipinski definition) is 4. The van der Waals surface area contributed by atoms with E-state index >= 15 is 0 Å². The summed E-state index contributed by atoms with van der Waals surface area (Å²) in [6.07, 6.45) is 3.36. The van der Waals surface area contributed by atoms with E-state index in [1.54, 1.807) is 24.0 Å². The molecule has 3 amide bonds. The number of carbonyl (C=O) groups is 2. The highest BCUT2D eigenvalue weighted by atomic mass is 19.1. The van der Waals surface area contributed by atoms with E-state index < -0.39 is 17.8 Å². The van der Waals surface area contributed by atoms with E-state index in [1.165, 1.54) is 24.1 Å². The molecule has 0 unspecified atom stereocenters. The average molecular weight is 349 g/mol. The van der Waals surface area contributed by atoms with E-state index in [0.29, 0.717) is 5.82 Å². The van der Waals surface area contributed by atoms with E-state index in [0.717, 1.165) is 6.07 Å². The fourth-order valence-electron chi connectivity index (χ4n) is 2.21. The normalized spacial score (nSPS) is 10.4. The van der Waals surface area contributed by atoms with Crippen LogP contribution in [-0.4, -0.2) is 51.7 Å². The second kappa shape index (κ2) is 8.25. The third-order valence-electron chi connectivity index (χ3n) is 3.60. The van der Waals surface area contributed by atoms with Gasteiger partial charge in [-0.1, -0.05) is 0 Å². The monoisotopic (exact) mass is 349 g/mol. The average Bonchev–Trinajstić information content (AvgIpc) is 3.00. The molecular formula is C16H20FN5O3. The maximum Gasteiger partial charge on any atom is 0.322 e. The Kier molecular flexibility index (Phi) is 6.07. The first-order valence-corrected chi connectivity index (χ1v) is 7.61. The van der Waals surface area contributed by atoms with E-state index in [2.05, 4.69) is 15.6 Å². The number of aryl methyl sites for hydroxylation is 1. The zero-order chi connectivity index (χ0) is 18.4. The highest BCUT2D eigenvalue weighted by Gasteiger charge is 2.17. The van der Waals surface area contributed by atoms with E-state index in [9.17, 15) is 19.1 Å². The topological polar surface area (TPSA) is 99.5 Å². The summed E-state index contributed by atoms with van der Waals surface area (Å²) in [7, 11) is 3.19. The summed E-state index contributed by atoms with van der Waals surface area (Å²) in [5, 5.41) is 14.1. The fourth-order valence-corrected chi connectivity index (χ4v) is 2.21. The molecule has 0 spiro atoms. The number of rotatable bonds is 6. The van der Waals surface area contributed by atoms with Crippen LogP contribution in [0.5, 0.6) is 0 Å². The van der Waals surface area contributed by atoms with E-state index in [1.807, 2.05) is 0 Å². The first kappa shape index (κ1) is 18.4. The van der Waals surface area contributed by atoms with Crippen molar-refractivity contribution in [3.05, 3.63) is 47.8 Å². The Balaban J connectivity index is 2.15.